The summed E-state index contributed by atoms with van der Waals surface area (Å²) >= 11 is 1.48. The van der Waals surface area contributed by atoms with E-state index in [9.17, 15) is 14.9 Å². The first-order valence-corrected chi connectivity index (χ1v) is 7.39. The van der Waals surface area contributed by atoms with Crippen LogP contribution in [0.3, 0.4) is 0 Å². The Kier molecular flexibility index (Phi) is 5.05. The zero-order chi connectivity index (χ0) is 16.1. The van der Waals surface area contributed by atoms with Crippen LogP contribution >= 0.6 is 11.3 Å². The van der Waals surface area contributed by atoms with E-state index in [1.165, 1.54) is 18.3 Å². The van der Waals surface area contributed by atoms with E-state index in [4.69, 9.17) is 0 Å². The van der Waals surface area contributed by atoms with Crippen LogP contribution in [0.2, 0.25) is 0 Å². The summed E-state index contributed by atoms with van der Waals surface area (Å²) in [6.07, 6.45) is 0.453. The molecule has 0 saturated carbocycles. The number of hydrogen-bond acceptors (Lipinski definition) is 6. The third-order valence-corrected chi connectivity index (χ3v) is 4.14. The molecule has 8 heteroatoms. The Balaban J connectivity index is 2.09. The Hall–Kier alpha value is -2.48. The Morgan fingerprint density at radius 2 is 2.09 bits per heavy atom. The second-order valence-corrected chi connectivity index (χ2v) is 5.68. The summed E-state index contributed by atoms with van der Waals surface area (Å²) in [4.78, 5) is 30.9. The van der Waals surface area contributed by atoms with E-state index in [1.54, 1.807) is 0 Å². The lowest BCUT2D eigenvalue weighted by Gasteiger charge is -2.02. The van der Waals surface area contributed by atoms with Gasteiger partial charge >= 0.3 is 0 Å². The number of nitrogens with zero attached hydrogens (tertiary/aromatic N) is 2. The molecule has 1 N–H and O–H groups in total. The fraction of sp³-hybridized carbons (Fsp3) is 0.286. The molecule has 7 nitrogen and oxygen atoms in total. The third-order valence-electron chi connectivity index (χ3n) is 2.87. The molecule has 0 bridgehead atoms. The van der Waals surface area contributed by atoms with Crippen molar-refractivity contribution < 1.29 is 14.7 Å². The van der Waals surface area contributed by atoms with Crippen molar-refractivity contribution in [1.29, 1.82) is 0 Å². The van der Waals surface area contributed by atoms with Crippen LogP contribution in [-0.2, 0) is 16.1 Å². The summed E-state index contributed by atoms with van der Waals surface area (Å²) in [5, 5.41) is 12.9. The SMILES string of the molecule is CC(=O)Nc1ccc(-c2nc(C)c(CCO[N+](=O)[O-])s2)cc1. The number of hydrogen-bond donors (Lipinski definition) is 1. The molecule has 0 unspecified atom stereocenters. The first-order valence-electron chi connectivity index (χ1n) is 6.57. The van der Waals surface area contributed by atoms with Crippen LogP contribution in [0.5, 0.6) is 0 Å². The zero-order valence-corrected chi connectivity index (χ0v) is 13.0. The van der Waals surface area contributed by atoms with Crippen LogP contribution in [-0.4, -0.2) is 22.6 Å². The number of nitrogens with one attached hydrogen (secondary N) is 1. The molecule has 0 aliphatic carbocycles. The number of anilines is 1. The molecule has 1 amide bonds. The molecular formula is C14H15N3O4S. The molecule has 116 valence electrons. The molecule has 0 radical (unpaired) electrons. The van der Waals surface area contributed by atoms with Crippen molar-refractivity contribution in [2.24, 2.45) is 0 Å². The normalized spacial score (nSPS) is 10.3. The second-order valence-electron chi connectivity index (χ2n) is 4.59. The van der Waals surface area contributed by atoms with Crippen molar-refractivity contribution in [3.05, 3.63) is 45.0 Å². The first-order chi connectivity index (χ1) is 10.5. The monoisotopic (exact) mass is 321 g/mol. The number of benzene rings is 1. The maximum Gasteiger partial charge on any atom is 0.294 e. The van der Waals surface area contributed by atoms with Gasteiger partial charge in [0.1, 0.15) is 11.6 Å². The van der Waals surface area contributed by atoms with Gasteiger partial charge in [0, 0.05) is 29.5 Å². The molecule has 0 aliphatic heterocycles. The summed E-state index contributed by atoms with van der Waals surface area (Å²) < 4.78 is 0. The average molecular weight is 321 g/mol. The fourth-order valence-corrected chi connectivity index (χ4v) is 2.94. The minimum Gasteiger partial charge on any atom is -0.326 e. The summed E-state index contributed by atoms with van der Waals surface area (Å²) in [5.74, 6) is -0.120. The maximum absolute atomic E-state index is 11.0. The van der Waals surface area contributed by atoms with Crippen molar-refractivity contribution >= 4 is 22.9 Å². The second kappa shape index (κ2) is 6.99. The van der Waals surface area contributed by atoms with E-state index in [0.29, 0.717) is 6.42 Å². The van der Waals surface area contributed by atoms with Gasteiger partial charge in [0.15, 0.2) is 0 Å². The molecule has 22 heavy (non-hydrogen) atoms. The largest absolute Gasteiger partial charge is 0.326 e. The lowest BCUT2D eigenvalue weighted by molar-refractivity contribution is -0.757. The highest BCUT2D eigenvalue weighted by atomic mass is 32.1. The summed E-state index contributed by atoms with van der Waals surface area (Å²) in [6, 6.07) is 7.37. The van der Waals surface area contributed by atoms with E-state index in [-0.39, 0.29) is 12.5 Å². The smallest absolute Gasteiger partial charge is 0.294 e. The van der Waals surface area contributed by atoms with Crippen molar-refractivity contribution in [3.8, 4) is 10.6 Å². The van der Waals surface area contributed by atoms with Crippen LogP contribution in [0.15, 0.2) is 24.3 Å². The standard InChI is InChI=1S/C14H15N3O4S/c1-9-13(7-8-21-17(19)20)22-14(15-9)11-3-5-12(6-4-11)16-10(2)18/h3-6H,7-8H2,1-2H3,(H,16,18). The van der Waals surface area contributed by atoms with Crippen molar-refractivity contribution in [2.75, 3.05) is 11.9 Å². The highest BCUT2D eigenvalue weighted by Crippen LogP contribution is 2.29. The summed E-state index contributed by atoms with van der Waals surface area (Å²) in [6.45, 7) is 3.35. The van der Waals surface area contributed by atoms with Gasteiger partial charge in [0.05, 0.1) is 5.69 Å². The Morgan fingerprint density at radius 1 is 1.41 bits per heavy atom. The van der Waals surface area contributed by atoms with Crippen LogP contribution in [0.4, 0.5) is 5.69 Å². The number of carbonyl (C=O) groups is 1. The molecular weight excluding hydrogens is 306 g/mol. The number of aromatic nitrogens is 1. The van der Waals surface area contributed by atoms with Crippen LogP contribution < -0.4 is 5.32 Å². The third kappa shape index (κ3) is 4.26. The van der Waals surface area contributed by atoms with Gasteiger partial charge in [-0.2, -0.15) is 0 Å². The van der Waals surface area contributed by atoms with Gasteiger partial charge < -0.3 is 10.2 Å². The summed E-state index contributed by atoms with van der Waals surface area (Å²) in [7, 11) is 0. The molecule has 2 rings (SSSR count). The number of thiazole rings is 1. The van der Waals surface area contributed by atoms with Gasteiger partial charge in [-0.1, -0.05) is 0 Å². The van der Waals surface area contributed by atoms with Crippen molar-refractivity contribution in [3.63, 3.8) is 0 Å². The highest BCUT2D eigenvalue weighted by Gasteiger charge is 2.10. The predicted octanol–water partition coefficient (Wildman–Crippen LogP) is 2.83. The quantitative estimate of drug-likeness (QED) is 0.652. The van der Waals surface area contributed by atoms with E-state index >= 15 is 0 Å². The zero-order valence-electron chi connectivity index (χ0n) is 12.2. The minimum absolute atomic E-state index is 0.0247. The van der Waals surface area contributed by atoms with Gasteiger partial charge in [0.25, 0.3) is 5.09 Å². The van der Waals surface area contributed by atoms with Gasteiger partial charge in [-0.05, 0) is 31.2 Å². The van der Waals surface area contributed by atoms with Crippen molar-refractivity contribution in [2.45, 2.75) is 20.3 Å². The van der Waals surface area contributed by atoms with E-state index < -0.39 is 5.09 Å². The molecule has 0 fully saturated rings. The summed E-state index contributed by atoms with van der Waals surface area (Å²) in [5.41, 5.74) is 2.51. The molecule has 0 atom stereocenters. The first kappa shape index (κ1) is 15.9. The Bertz CT molecular complexity index is 682. The van der Waals surface area contributed by atoms with Gasteiger partial charge in [0.2, 0.25) is 5.91 Å². The van der Waals surface area contributed by atoms with Crippen LogP contribution in [0, 0.1) is 17.0 Å². The Labute approximate surface area is 131 Å². The van der Waals surface area contributed by atoms with E-state index in [0.717, 1.165) is 26.8 Å². The van der Waals surface area contributed by atoms with Crippen LogP contribution in [0.25, 0.3) is 10.6 Å². The molecule has 1 aromatic heterocycles. The average Bonchev–Trinajstić information content (AvgIpc) is 2.80. The van der Waals surface area contributed by atoms with Gasteiger partial charge in [-0.15, -0.1) is 21.5 Å². The predicted molar refractivity (Wildman–Crippen MR) is 83.2 cm³/mol. The highest BCUT2D eigenvalue weighted by molar-refractivity contribution is 7.15. The number of rotatable bonds is 6. The fourth-order valence-electron chi connectivity index (χ4n) is 1.90. The Morgan fingerprint density at radius 3 is 2.68 bits per heavy atom. The van der Waals surface area contributed by atoms with Gasteiger partial charge in [-0.3, -0.25) is 4.79 Å². The minimum atomic E-state index is -0.794. The number of amides is 1. The molecule has 0 spiro atoms. The molecule has 1 aromatic carbocycles. The molecule has 2 aromatic rings. The number of carbonyl (C=O) groups excluding carboxylic acids is 1. The van der Waals surface area contributed by atoms with Crippen molar-refractivity contribution in [1.82, 2.24) is 4.98 Å². The van der Waals surface area contributed by atoms with E-state index in [1.807, 2.05) is 31.2 Å². The van der Waals surface area contributed by atoms with Gasteiger partial charge in [-0.25, -0.2) is 4.98 Å². The number of aryl methyl sites for hydroxylation is 1. The topological polar surface area (TPSA) is 94.4 Å². The molecule has 1 heterocycles. The molecule has 0 aliphatic rings. The van der Waals surface area contributed by atoms with E-state index in [2.05, 4.69) is 15.1 Å². The lowest BCUT2D eigenvalue weighted by atomic mass is 10.2. The molecule has 0 saturated heterocycles. The van der Waals surface area contributed by atoms with Crippen LogP contribution in [0.1, 0.15) is 17.5 Å². The maximum atomic E-state index is 11.0. The lowest BCUT2D eigenvalue weighted by Crippen LogP contribution is -2.05.